The van der Waals surface area contributed by atoms with Gasteiger partial charge in [-0.3, -0.25) is 9.78 Å². The van der Waals surface area contributed by atoms with E-state index in [0.29, 0.717) is 21.8 Å². The third kappa shape index (κ3) is 4.18. The average Bonchev–Trinajstić information content (AvgIpc) is 3.13. The molecule has 2 aromatic carbocycles. The molecule has 0 aliphatic heterocycles. The molecule has 0 aliphatic carbocycles. The topological polar surface area (TPSA) is 120 Å². The van der Waals surface area contributed by atoms with E-state index in [9.17, 15) is 13.2 Å². The summed E-state index contributed by atoms with van der Waals surface area (Å²) >= 11 is 6.09. The third-order valence-corrected chi connectivity index (χ3v) is 5.72. The summed E-state index contributed by atoms with van der Waals surface area (Å²) in [4.78, 5) is 16.2. The minimum atomic E-state index is -4.09. The summed E-state index contributed by atoms with van der Waals surface area (Å²) < 4.78 is 25.8. The Bertz CT molecular complexity index is 1330. The highest BCUT2D eigenvalue weighted by Gasteiger charge is 2.18. The van der Waals surface area contributed by atoms with Gasteiger partial charge >= 0.3 is 0 Å². The van der Waals surface area contributed by atoms with E-state index in [4.69, 9.17) is 16.7 Å². The van der Waals surface area contributed by atoms with Crippen LogP contribution in [0.3, 0.4) is 0 Å². The number of pyridine rings is 1. The molecule has 152 valence electrons. The van der Waals surface area contributed by atoms with Crippen molar-refractivity contribution in [3.05, 3.63) is 77.7 Å². The first-order valence-electron chi connectivity index (χ1n) is 8.81. The lowest BCUT2D eigenvalue weighted by Crippen LogP contribution is -2.18. The number of rotatable bonds is 5. The molecule has 0 saturated carbocycles. The third-order valence-electron chi connectivity index (χ3n) is 4.42. The Labute approximate surface area is 177 Å². The quantitative estimate of drug-likeness (QED) is 0.493. The number of anilines is 1. The number of carbonyl (C=O) groups is 1. The van der Waals surface area contributed by atoms with Crippen LogP contribution in [0.25, 0.3) is 16.6 Å². The van der Waals surface area contributed by atoms with Crippen molar-refractivity contribution < 1.29 is 13.2 Å². The SMILES string of the molecule is NS(=O)(=O)c1cc(NC(=O)Cc2ccccc2Cl)ccc1-n1cc2ccncc2n1. The van der Waals surface area contributed by atoms with Crippen molar-refractivity contribution in [2.75, 3.05) is 5.32 Å². The smallest absolute Gasteiger partial charge is 0.240 e. The standard InChI is InChI=1S/C20H16ClN5O3S/c21-16-4-2-1-3-13(16)9-20(27)24-15-5-6-18(19(10-15)30(22,28)29)26-12-14-7-8-23-11-17(14)25-26/h1-8,10-12H,9H2,(H,24,27)(H2,22,28,29). The van der Waals surface area contributed by atoms with Crippen molar-refractivity contribution in [2.45, 2.75) is 11.3 Å². The molecule has 4 rings (SSSR count). The molecule has 2 heterocycles. The Morgan fingerprint density at radius 3 is 2.70 bits per heavy atom. The molecule has 0 bridgehead atoms. The van der Waals surface area contributed by atoms with Crippen LogP contribution in [0.4, 0.5) is 5.69 Å². The number of halogens is 1. The second-order valence-corrected chi connectivity index (χ2v) is 8.49. The molecule has 0 saturated heterocycles. The van der Waals surface area contributed by atoms with E-state index in [-0.39, 0.29) is 22.9 Å². The minimum Gasteiger partial charge on any atom is -0.326 e. The number of benzene rings is 2. The maximum Gasteiger partial charge on any atom is 0.240 e. The predicted molar refractivity (Wildman–Crippen MR) is 114 cm³/mol. The zero-order valence-corrected chi connectivity index (χ0v) is 17.1. The number of fused-ring (bicyclic) bond motifs is 1. The highest BCUT2D eigenvalue weighted by atomic mass is 35.5. The second-order valence-electron chi connectivity index (χ2n) is 6.55. The van der Waals surface area contributed by atoms with Gasteiger partial charge in [0.2, 0.25) is 15.9 Å². The van der Waals surface area contributed by atoms with Gasteiger partial charge in [0, 0.05) is 28.5 Å². The van der Waals surface area contributed by atoms with Gasteiger partial charge in [-0.05, 0) is 35.9 Å². The number of hydrogen-bond acceptors (Lipinski definition) is 5. The Balaban J connectivity index is 1.66. The van der Waals surface area contributed by atoms with Crippen LogP contribution >= 0.6 is 11.6 Å². The fourth-order valence-corrected chi connectivity index (χ4v) is 3.97. The number of nitrogens with one attached hydrogen (secondary N) is 1. The molecule has 0 radical (unpaired) electrons. The van der Waals surface area contributed by atoms with Crippen molar-refractivity contribution in [1.82, 2.24) is 14.8 Å². The number of carbonyl (C=O) groups excluding carboxylic acids is 1. The van der Waals surface area contributed by atoms with Crippen LogP contribution in [0.1, 0.15) is 5.56 Å². The molecular formula is C20H16ClN5O3S. The second kappa shape index (κ2) is 7.86. The van der Waals surface area contributed by atoms with Gasteiger partial charge < -0.3 is 5.32 Å². The molecule has 30 heavy (non-hydrogen) atoms. The average molecular weight is 442 g/mol. The van der Waals surface area contributed by atoms with Gasteiger partial charge in [-0.15, -0.1) is 0 Å². The van der Waals surface area contributed by atoms with Crippen LogP contribution in [0.2, 0.25) is 5.02 Å². The summed E-state index contributed by atoms with van der Waals surface area (Å²) in [6, 6.07) is 13.2. The summed E-state index contributed by atoms with van der Waals surface area (Å²) in [5.41, 5.74) is 1.82. The molecule has 0 spiro atoms. The number of aromatic nitrogens is 3. The number of sulfonamides is 1. The molecule has 8 nitrogen and oxygen atoms in total. The van der Waals surface area contributed by atoms with Crippen molar-refractivity contribution in [2.24, 2.45) is 5.14 Å². The maximum absolute atomic E-state index is 12.4. The summed E-state index contributed by atoms with van der Waals surface area (Å²) in [5.74, 6) is -0.341. The van der Waals surface area contributed by atoms with Crippen LogP contribution < -0.4 is 10.5 Å². The molecule has 0 aliphatic rings. The van der Waals surface area contributed by atoms with Crippen molar-refractivity contribution in [3.63, 3.8) is 0 Å². The Morgan fingerprint density at radius 2 is 1.97 bits per heavy atom. The van der Waals surface area contributed by atoms with E-state index in [2.05, 4.69) is 15.4 Å². The summed E-state index contributed by atoms with van der Waals surface area (Å²) in [5, 5.41) is 13.7. The van der Waals surface area contributed by atoms with Crippen LogP contribution in [0.5, 0.6) is 0 Å². The van der Waals surface area contributed by atoms with Gasteiger partial charge in [-0.25, -0.2) is 18.2 Å². The zero-order valence-electron chi connectivity index (χ0n) is 15.5. The molecule has 2 aromatic heterocycles. The van der Waals surface area contributed by atoms with E-state index in [1.165, 1.54) is 16.8 Å². The van der Waals surface area contributed by atoms with Crippen molar-refractivity contribution in [3.8, 4) is 5.69 Å². The minimum absolute atomic E-state index is 0.0453. The number of primary sulfonamides is 1. The van der Waals surface area contributed by atoms with Crippen LogP contribution in [-0.4, -0.2) is 29.1 Å². The highest BCUT2D eigenvalue weighted by Crippen LogP contribution is 2.25. The van der Waals surface area contributed by atoms with E-state index in [1.54, 1.807) is 55.0 Å². The van der Waals surface area contributed by atoms with E-state index >= 15 is 0 Å². The monoisotopic (exact) mass is 441 g/mol. The summed E-state index contributed by atoms with van der Waals surface area (Å²) in [6.07, 6.45) is 4.92. The van der Waals surface area contributed by atoms with Crippen LogP contribution in [-0.2, 0) is 21.2 Å². The first-order valence-corrected chi connectivity index (χ1v) is 10.7. The number of nitrogens with two attached hydrogens (primary N) is 1. The van der Waals surface area contributed by atoms with Gasteiger partial charge in [0.15, 0.2) is 0 Å². The van der Waals surface area contributed by atoms with Gasteiger partial charge in [-0.1, -0.05) is 29.8 Å². The van der Waals surface area contributed by atoms with E-state index < -0.39 is 10.0 Å². The van der Waals surface area contributed by atoms with Crippen LogP contribution in [0, 0.1) is 0 Å². The summed E-state index contributed by atoms with van der Waals surface area (Å²) in [7, 11) is -4.09. The Kier molecular flexibility index (Phi) is 5.25. The fourth-order valence-electron chi connectivity index (χ4n) is 3.02. The summed E-state index contributed by atoms with van der Waals surface area (Å²) in [6.45, 7) is 0. The Hall–Kier alpha value is -3.27. The van der Waals surface area contributed by atoms with Crippen LogP contribution in [0.15, 0.2) is 72.0 Å². The molecule has 3 N–H and O–H groups in total. The van der Waals surface area contributed by atoms with Gasteiger partial charge in [0.1, 0.15) is 10.4 Å². The number of nitrogens with zero attached hydrogens (tertiary/aromatic N) is 3. The lowest BCUT2D eigenvalue weighted by molar-refractivity contribution is -0.115. The van der Waals surface area contributed by atoms with Gasteiger partial charge in [-0.2, -0.15) is 5.10 Å². The first kappa shape index (κ1) is 20.0. The first-order chi connectivity index (χ1) is 14.3. The Morgan fingerprint density at radius 1 is 1.17 bits per heavy atom. The highest BCUT2D eigenvalue weighted by molar-refractivity contribution is 7.89. The zero-order chi connectivity index (χ0) is 21.3. The molecule has 1 amide bonds. The van der Waals surface area contributed by atoms with E-state index in [1.807, 2.05) is 0 Å². The molecule has 4 aromatic rings. The molecular weight excluding hydrogens is 426 g/mol. The van der Waals surface area contributed by atoms with Crippen molar-refractivity contribution >= 4 is 44.1 Å². The fraction of sp³-hybridized carbons (Fsp3) is 0.0500. The van der Waals surface area contributed by atoms with Gasteiger partial charge in [0.05, 0.1) is 18.3 Å². The molecule has 0 atom stereocenters. The molecule has 0 fully saturated rings. The number of amides is 1. The maximum atomic E-state index is 12.4. The number of hydrogen-bond donors (Lipinski definition) is 2. The van der Waals surface area contributed by atoms with Gasteiger partial charge in [0.25, 0.3) is 0 Å². The molecule has 0 unspecified atom stereocenters. The largest absolute Gasteiger partial charge is 0.326 e. The normalized spacial score (nSPS) is 11.5. The lowest BCUT2D eigenvalue weighted by atomic mass is 10.1. The molecule has 10 heteroatoms. The van der Waals surface area contributed by atoms with Crippen molar-refractivity contribution in [1.29, 1.82) is 0 Å². The van der Waals surface area contributed by atoms with E-state index in [0.717, 1.165) is 5.39 Å². The predicted octanol–water partition coefficient (Wildman–Crippen LogP) is 2.90. The lowest BCUT2D eigenvalue weighted by Gasteiger charge is -2.12.